The van der Waals surface area contributed by atoms with Crippen LogP contribution in [0.2, 0.25) is 0 Å². The molecule has 0 fully saturated rings. The third kappa shape index (κ3) is 3.44. The summed E-state index contributed by atoms with van der Waals surface area (Å²) >= 11 is 4.99. The van der Waals surface area contributed by atoms with Crippen molar-refractivity contribution < 1.29 is 5.11 Å². The van der Waals surface area contributed by atoms with Crippen LogP contribution in [-0.4, -0.2) is 16.7 Å². The van der Waals surface area contributed by atoms with Crippen molar-refractivity contribution in [3.05, 3.63) is 35.9 Å². The zero-order valence-corrected chi connectivity index (χ0v) is 9.05. The monoisotopic (exact) mass is 209 g/mol. The molecule has 0 heterocycles. The van der Waals surface area contributed by atoms with Crippen LogP contribution in [0.3, 0.4) is 0 Å². The van der Waals surface area contributed by atoms with Crippen LogP contribution < -0.4 is 5.32 Å². The molecule has 1 aromatic carbocycles. The van der Waals surface area contributed by atoms with Gasteiger partial charge in [-0.05, 0) is 18.9 Å². The van der Waals surface area contributed by atoms with Gasteiger partial charge in [-0.1, -0.05) is 42.5 Å². The van der Waals surface area contributed by atoms with Gasteiger partial charge in [-0.15, -0.1) is 0 Å². The Balaban J connectivity index is 2.72. The molecule has 0 aromatic heterocycles. The zero-order valence-electron chi connectivity index (χ0n) is 8.23. The highest BCUT2D eigenvalue weighted by Gasteiger charge is 2.09. The number of rotatable bonds is 4. The van der Waals surface area contributed by atoms with Crippen LogP contribution in [0.15, 0.2) is 30.3 Å². The first-order valence-electron chi connectivity index (χ1n) is 4.67. The van der Waals surface area contributed by atoms with Gasteiger partial charge < -0.3 is 10.4 Å². The van der Waals surface area contributed by atoms with Crippen molar-refractivity contribution in [1.82, 2.24) is 5.32 Å². The maximum atomic E-state index is 8.93. The second kappa shape index (κ2) is 5.73. The van der Waals surface area contributed by atoms with Gasteiger partial charge in [0.2, 0.25) is 0 Å². The number of aliphatic hydroxyl groups excluding tert-OH is 1. The number of benzene rings is 1. The molecule has 0 aliphatic rings. The largest absolute Gasteiger partial charge is 0.396 e. The summed E-state index contributed by atoms with van der Waals surface area (Å²) in [4.78, 5) is 0.757. The van der Waals surface area contributed by atoms with E-state index in [0.717, 1.165) is 10.6 Å². The van der Waals surface area contributed by atoms with Crippen molar-refractivity contribution in [3.8, 4) is 0 Å². The molecule has 14 heavy (non-hydrogen) atoms. The van der Waals surface area contributed by atoms with E-state index in [4.69, 9.17) is 17.3 Å². The van der Waals surface area contributed by atoms with Crippen molar-refractivity contribution in [3.63, 3.8) is 0 Å². The van der Waals surface area contributed by atoms with Gasteiger partial charge in [-0.3, -0.25) is 0 Å². The maximum Gasteiger partial charge on any atom is 0.0726 e. The molecule has 1 rings (SSSR count). The SMILES string of the molecule is CC(=S)NC(CCO)c1ccccc1. The van der Waals surface area contributed by atoms with Gasteiger partial charge in [0.25, 0.3) is 0 Å². The molecule has 2 nitrogen and oxygen atoms in total. The Morgan fingerprint density at radius 1 is 1.43 bits per heavy atom. The number of thiocarbonyl (C=S) groups is 1. The highest BCUT2D eigenvalue weighted by molar-refractivity contribution is 7.80. The van der Waals surface area contributed by atoms with E-state index in [0.29, 0.717) is 6.42 Å². The van der Waals surface area contributed by atoms with Crippen LogP contribution in [0.25, 0.3) is 0 Å². The number of nitrogens with one attached hydrogen (secondary N) is 1. The molecule has 0 saturated heterocycles. The van der Waals surface area contributed by atoms with Gasteiger partial charge in [0, 0.05) is 6.61 Å². The van der Waals surface area contributed by atoms with Crippen molar-refractivity contribution in [1.29, 1.82) is 0 Å². The highest BCUT2D eigenvalue weighted by atomic mass is 32.1. The molecule has 76 valence electrons. The van der Waals surface area contributed by atoms with Gasteiger partial charge in [0.1, 0.15) is 0 Å². The molecule has 0 spiro atoms. The molecule has 0 aliphatic carbocycles. The predicted octanol–water partition coefficient (Wildman–Crippen LogP) is 2.05. The summed E-state index contributed by atoms with van der Waals surface area (Å²) in [6, 6.07) is 10.1. The van der Waals surface area contributed by atoms with Crippen molar-refractivity contribution in [2.24, 2.45) is 0 Å². The van der Waals surface area contributed by atoms with E-state index in [1.54, 1.807) is 0 Å². The van der Waals surface area contributed by atoms with Crippen molar-refractivity contribution in [2.45, 2.75) is 19.4 Å². The van der Waals surface area contributed by atoms with E-state index >= 15 is 0 Å². The summed E-state index contributed by atoms with van der Waals surface area (Å²) in [5, 5.41) is 12.1. The third-order valence-corrected chi connectivity index (χ3v) is 2.12. The van der Waals surface area contributed by atoms with E-state index in [2.05, 4.69) is 5.32 Å². The number of hydrogen-bond acceptors (Lipinski definition) is 2. The Labute approximate surface area is 90.0 Å². The lowest BCUT2D eigenvalue weighted by molar-refractivity contribution is 0.272. The van der Waals surface area contributed by atoms with E-state index < -0.39 is 0 Å². The summed E-state index contributed by atoms with van der Waals surface area (Å²) in [5.74, 6) is 0. The van der Waals surface area contributed by atoms with Gasteiger partial charge >= 0.3 is 0 Å². The minimum absolute atomic E-state index is 0.124. The zero-order chi connectivity index (χ0) is 10.4. The average Bonchev–Trinajstić information content (AvgIpc) is 2.18. The van der Waals surface area contributed by atoms with Crippen LogP contribution in [0.5, 0.6) is 0 Å². The number of aliphatic hydroxyl groups is 1. The predicted molar refractivity (Wildman–Crippen MR) is 62.3 cm³/mol. The van der Waals surface area contributed by atoms with E-state index in [-0.39, 0.29) is 12.6 Å². The second-order valence-electron chi connectivity index (χ2n) is 3.18. The molecule has 0 aliphatic heterocycles. The summed E-state index contributed by atoms with van der Waals surface area (Å²) < 4.78 is 0. The van der Waals surface area contributed by atoms with Crippen LogP contribution >= 0.6 is 12.2 Å². The van der Waals surface area contributed by atoms with Crippen molar-refractivity contribution >= 4 is 17.2 Å². The Hall–Kier alpha value is -0.930. The van der Waals surface area contributed by atoms with Crippen LogP contribution in [0.1, 0.15) is 24.9 Å². The average molecular weight is 209 g/mol. The molecule has 0 amide bonds. The van der Waals surface area contributed by atoms with E-state index in [1.165, 1.54) is 0 Å². The fourth-order valence-corrected chi connectivity index (χ4v) is 1.52. The molecule has 3 heteroatoms. The lowest BCUT2D eigenvalue weighted by atomic mass is 10.0. The summed E-state index contributed by atoms with van der Waals surface area (Å²) in [7, 11) is 0. The van der Waals surface area contributed by atoms with Gasteiger partial charge in [0.15, 0.2) is 0 Å². The lowest BCUT2D eigenvalue weighted by Gasteiger charge is -2.18. The Morgan fingerprint density at radius 3 is 2.57 bits per heavy atom. The van der Waals surface area contributed by atoms with Gasteiger partial charge in [0.05, 0.1) is 11.0 Å². The summed E-state index contributed by atoms with van der Waals surface area (Å²) in [5.41, 5.74) is 1.16. The quantitative estimate of drug-likeness (QED) is 0.744. The minimum Gasteiger partial charge on any atom is -0.396 e. The molecule has 0 radical (unpaired) electrons. The minimum atomic E-state index is 0.124. The molecule has 1 atom stereocenters. The van der Waals surface area contributed by atoms with Crippen LogP contribution in [-0.2, 0) is 0 Å². The smallest absolute Gasteiger partial charge is 0.0726 e. The van der Waals surface area contributed by atoms with Crippen LogP contribution in [0.4, 0.5) is 0 Å². The van der Waals surface area contributed by atoms with Gasteiger partial charge in [-0.25, -0.2) is 0 Å². The van der Waals surface area contributed by atoms with Crippen molar-refractivity contribution in [2.75, 3.05) is 6.61 Å². The number of hydrogen-bond donors (Lipinski definition) is 2. The summed E-state index contributed by atoms with van der Waals surface area (Å²) in [6.07, 6.45) is 0.679. The Kier molecular flexibility index (Phi) is 4.56. The Morgan fingerprint density at radius 2 is 2.07 bits per heavy atom. The summed E-state index contributed by atoms with van der Waals surface area (Å²) in [6.45, 7) is 2.01. The van der Waals surface area contributed by atoms with E-state index in [1.807, 2.05) is 37.3 Å². The standard InChI is InChI=1S/C11H15NOS/c1-9(14)12-11(7-8-13)10-5-3-2-4-6-10/h2-6,11,13H,7-8H2,1H3,(H,12,14). The maximum absolute atomic E-state index is 8.93. The van der Waals surface area contributed by atoms with Gasteiger partial charge in [-0.2, -0.15) is 0 Å². The first kappa shape index (κ1) is 11.1. The normalized spacial score (nSPS) is 12.1. The molecule has 0 bridgehead atoms. The Bertz CT molecular complexity index is 287. The topological polar surface area (TPSA) is 32.3 Å². The highest BCUT2D eigenvalue weighted by Crippen LogP contribution is 2.15. The first-order valence-corrected chi connectivity index (χ1v) is 5.07. The molecular formula is C11H15NOS. The second-order valence-corrected chi connectivity index (χ2v) is 3.79. The third-order valence-electron chi connectivity index (χ3n) is 2.00. The molecule has 0 saturated carbocycles. The van der Waals surface area contributed by atoms with Crippen LogP contribution in [0, 0.1) is 0 Å². The fraction of sp³-hybridized carbons (Fsp3) is 0.364. The molecule has 1 aromatic rings. The lowest BCUT2D eigenvalue weighted by Crippen LogP contribution is -2.25. The molecule has 2 N–H and O–H groups in total. The molecular weight excluding hydrogens is 194 g/mol. The first-order chi connectivity index (χ1) is 6.74. The fourth-order valence-electron chi connectivity index (χ4n) is 1.38. The van der Waals surface area contributed by atoms with E-state index in [9.17, 15) is 0 Å². The molecule has 1 unspecified atom stereocenters.